The van der Waals surface area contributed by atoms with Crippen LogP contribution < -0.4 is 26.3 Å². The van der Waals surface area contributed by atoms with Crippen molar-refractivity contribution in [1.29, 1.82) is 0 Å². The monoisotopic (exact) mass is 589 g/mol. The number of sulfonamides is 1. The molecule has 0 aliphatic rings. The molecule has 4 aromatic rings. The Morgan fingerprint density at radius 1 is 1.03 bits per heavy atom. The third-order valence-corrected chi connectivity index (χ3v) is 7.64. The lowest BCUT2D eigenvalue weighted by Crippen LogP contribution is -3.00. The number of aromatic hydroxyl groups is 1. The largest absolute Gasteiger partial charge is 1.00 e. The second-order valence-corrected chi connectivity index (χ2v) is 10.3. The molecule has 190 valence electrons. The molecule has 11 heteroatoms. The zero-order valence-electron chi connectivity index (χ0n) is 18.9. The number of thioether (sulfide) groups is 1. The number of aryl methyl sites for hydroxylation is 1. The van der Waals surface area contributed by atoms with Gasteiger partial charge in [0.2, 0.25) is 10.0 Å². The van der Waals surface area contributed by atoms with Gasteiger partial charge in [0.15, 0.2) is 0 Å². The molecule has 4 rings (SSSR count). The third kappa shape index (κ3) is 7.33. The fraction of sp³-hybridized carbons (Fsp3) is 0.200. The maximum atomic E-state index is 12.6. The number of benzene rings is 3. The molecule has 0 aliphatic heterocycles. The van der Waals surface area contributed by atoms with Crippen LogP contribution in [0.3, 0.4) is 0 Å². The second kappa shape index (κ2) is 13.4. The predicted octanol–water partition coefficient (Wildman–Crippen LogP) is 2.28. The van der Waals surface area contributed by atoms with E-state index in [1.165, 1.54) is 12.1 Å². The third-order valence-electron chi connectivity index (χ3n) is 5.02. The van der Waals surface area contributed by atoms with Gasteiger partial charge >= 0.3 is 5.16 Å². The summed E-state index contributed by atoms with van der Waals surface area (Å²) < 4.78 is 29.7. The summed E-state index contributed by atoms with van der Waals surface area (Å²) in [5.41, 5.74) is 0.847. The van der Waals surface area contributed by atoms with Crippen molar-refractivity contribution in [2.45, 2.75) is 23.9 Å². The van der Waals surface area contributed by atoms with Crippen LogP contribution in [0.1, 0.15) is 13.8 Å². The maximum absolute atomic E-state index is 12.6. The summed E-state index contributed by atoms with van der Waals surface area (Å²) in [6.45, 7) is 0.327. The van der Waals surface area contributed by atoms with E-state index < -0.39 is 10.0 Å². The number of aromatic nitrogens is 2. The lowest BCUT2D eigenvalue weighted by atomic mass is 10.1. The van der Waals surface area contributed by atoms with Gasteiger partial charge < -0.3 is 22.1 Å². The van der Waals surface area contributed by atoms with Gasteiger partial charge in [0.05, 0.1) is 23.8 Å². The molecule has 0 aliphatic carbocycles. The molecule has 36 heavy (non-hydrogen) atoms. The van der Waals surface area contributed by atoms with Crippen LogP contribution in [0.4, 0.5) is 11.4 Å². The van der Waals surface area contributed by atoms with Gasteiger partial charge in [-0.3, -0.25) is 0 Å². The van der Waals surface area contributed by atoms with Gasteiger partial charge in [-0.15, -0.1) is 5.11 Å². The number of rotatable bonds is 9. The summed E-state index contributed by atoms with van der Waals surface area (Å²) in [5.74, 6) is 0.772. The summed E-state index contributed by atoms with van der Waals surface area (Å²) in [6.07, 6.45) is 4.33. The number of hydrogen-bond acceptors (Lipinski definition) is 7. The van der Waals surface area contributed by atoms with Crippen LogP contribution in [0.15, 0.2) is 99.4 Å². The molecule has 1 heterocycles. The SMILES string of the molecule is C.C[n+]1cccnc1SCCCNS(=O)(=O)c1ccc(N=Nc2c(O)ccc3ccccc23)cc1.[Br-]. The molecule has 0 spiro atoms. The molecular weight excluding hydrogens is 562 g/mol. The zero-order valence-corrected chi connectivity index (χ0v) is 22.1. The molecule has 0 amide bonds. The van der Waals surface area contributed by atoms with Crippen molar-refractivity contribution in [1.82, 2.24) is 9.71 Å². The van der Waals surface area contributed by atoms with Crippen LogP contribution in [-0.4, -0.2) is 30.8 Å². The van der Waals surface area contributed by atoms with Crippen molar-refractivity contribution in [3.8, 4) is 5.75 Å². The summed E-state index contributed by atoms with van der Waals surface area (Å²) in [6, 6.07) is 19.0. The number of nitrogens with zero attached hydrogens (tertiary/aromatic N) is 4. The maximum Gasteiger partial charge on any atom is 0.358 e. The number of nitrogens with one attached hydrogen (secondary N) is 1. The van der Waals surface area contributed by atoms with Gasteiger partial charge in [-0.25, -0.2) is 17.7 Å². The van der Waals surface area contributed by atoms with E-state index in [0.717, 1.165) is 21.7 Å². The van der Waals surface area contributed by atoms with E-state index >= 15 is 0 Å². The Kier molecular flexibility index (Phi) is 11.0. The molecule has 8 nitrogen and oxygen atoms in total. The number of hydrogen-bond donors (Lipinski definition) is 2. The summed E-state index contributed by atoms with van der Waals surface area (Å²) >= 11 is 1.58. The van der Waals surface area contributed by atoms with E-state index in [1.807, 2.05) is 54.2 Å². The van der Waals surface area contributed by atoms with Gasteiger partial charge in [0, 0.05) is 23.8 Å². The van der Waals surface area contributed by atoms with Crippen LogP contribution in [0, 0.1) is 0 Å². The van der Waals surface area contributed by atoms with Gasteiger partial charge in [-0.2, -0.15) is 5.11 Å². The lowest BCUT2D eigenvalue weighted by molar-refractivity contribution is -0.713. The van der Waals surface area contributed by atoms with E-state index in [9.17, 15) is 13.5 Å². The Morgan fingerprint density at radius 2 is 1.78 bits per heavy atom. The molecule has 3 aromatic carbocycles. The molecule has 2 N–H and O–H groups in total. The highest BCUT2D eigenvalue weighted by Crippen LogP contribution is 2.36. The zero-order chi connectivity index (χ0) is 24.0. The number of halogens is 1. The average molecular weight is 591 g/mol. The minimum atomic E-state index is -3.63. The van der Waals surface area contributed by atoms with Crippen LogP contribution in [0.2, 0.25) is 0 Å². The van der Waals surface area contributed by atoms with Crippen molar-refractivity contribution in [2.24, 2.45) is 17.3 Å². The summed E-state index contributed by atoms with van der Waals surface area (Å²) in [7, 11) is -1.70. The molecular formula is C25H28BrN5O3S2. The summed E-state index contributed by atoms with van der Waals surface area (Å²) in [4.78, 5) is 4.45. The van der Waals surface area contributed by atoms with E-state index in [1.54, 1.807) is 36.2 Å². The average Bonchev–Trinajstić information content (AvgIpc) is 2.84. The topological polar surface area (TPSA) is 108 Å². The lowest BCUT2D eigenvalue weighted by Gasteiger charge is -2.06. The van der Waals surface area contributed by atoms with Crippen LogP contribution in [0.25, 0.3) is 10.8 Å². The van der Waals surface area contributed by atoms with Crippen molar-refractivity contribution in [3.63, 3.8) is 0 Å². The van der Waals surface area contributed by atoms with Crippen molar-refractivity contribution in [2.75, 3.05) is 12.3 Å². The van der Waals surface area contributed by atoms with Crippen molar-refractivity contribution in [3.05, 3.63) is 79.1 Å². The van der Waals surface area contributed by atoms with Crippen molar-refractivity contribution >= 4 is 43.9 Å². The second-order valence-electron chi connectivity index (χ2n) is 7.46. The van der Waals surface area contributed by atoms with E-state index in [-0.39, 0.29) is 35.1 Å². The molecule has 0 unspecified atom stereocenters. The quantitative estimate of drug-likeness (QED) is 0.102. The van der Waals surface area contributed by atoms with E-state index in [2.05, 4.69) is 19.9 Å². The molecule has 0 radical (unpaired) electrons. The smallest absolute Gasteiger partial charge is 0.358 e. The molecule has 0 fully saturated rings. The highest BCUT2D eigenvalue weighted by molar-refractivity contribution is 7.99. The molecule has 1 aromatic heterocycles. The van der Waals surface area contributed by atoms with Crippen molar-refractivity contribution < 1.29 is 35.1 Å². The van der Waals surface area contributed by atoms with Gasteiger partial charge in [0.25, 0.3) is 0 Å². The minimum Gasteiger partial charge on any atom is -1.00 e. The normalized spacial score (nSPS) is 11.2. The van der Waals surface area contributed by atoms with E-state index in [4.69, 9.17) is 0 Å². The number of azo groups is 1. The van der Waals surface area contributed by atoms with E-state index in [0.29, 0.717) is 24.3 Å². The Labute approximate surface area is 226 Å². The van der Waals surface area contributed by atoms with Crippen LogP contribution in [0.5, 0.6) is 5.75 Å². The highest BCUT2D eigenvalue weighted by Gasteiger charge is 2.14. The number of phenols is 1. The Morgan fingerprint density at radius 3 is 2.53 bits per heavy atom. The van der Waals surface area contributed by atoms with Gasteiger partial charge in [-0.1, -0.05) is 37.8 Å². The Bertz CT molecular complexity index is 1430. The first-order valence-corrected chi connectivity index (χ1v) is 13.1. The first-order valence-electron chi connectivity index (χ1n) is 10.6. The van der Waals surface area contributed by atoms with Gasteiger partial charge in [0.1, 0.15) is 17.6 Å². The fourth-order valence-electron chi connectivity index (χ4n) is 3.24. The molecule has 0 atom stereocenters. The standard InChI is InChI=1S/C24H23N5O3S2.CH4.BrH/c1-29-16-4-14-25-24(29)33-17-5-15-26-34(31,32)20-11-9-19(10-12-20)27-28-23-21-7-3-2-6-18(21)8-13-22(23)30;;/h2-4,6-14,16,26H,5,15,17H2,1H3;1H4;1H. The first-order chi connectivity index (χ1) is 16.4. The predicted molar refractivity (Wildman–Crippen MR) is 139 cm³/mol. The molecule has 0 bridgehead atoms. The molecule has 0 saturated heterocycles. The highest BCUT2D eigenvalue weighted by atomic mass is 79.9. The van der Waals surface area contributed by atoms with Crippen LogP contribution in [-0.2, 0) is 17.1 Å². The summed E-state index contributed by atoms with van der Waals surface area (Å²) in [5, 5.41) is 21.2. The molecule has 0 saturated carbocycles. The number of phenolic OH excluding ortho intramolecular Hbond substituents is 1. The Hall–Kier alpha value is -2.86. The van der Waals surface area contributed by atoms with Crippen LogP contribution >= 0.6 is 11.8 Å². The number of fused-ring (bicyclic) bond motifs is 1. The first kappa shape index (κ1) is 29.4. The Balaban J connectivity index is 0.00000228. The minimum absolute atomic E-state index is 0. The fourth-order valence-corrected chi connectivity index (χ4v) is 5.19. The van der Waals surface area contributed by atoms with Gasteiger partial charge in [-0.05, 0) is 58.9 Å².